The van der Waals surface area contributed by atoms with Crippen LogP contribution in [0.3, 0.4) is 0 Å². The second-order valence-electron chi connectivity index (χ2n) is 7.11. The Balaban J connectivity index is 2.23. The molecule has 1 atom stereocenters. The summed E-state index contributed by atoms with van der Waals surface area (Å²) in [4.78, 5) is 4.15. The molecule has 3 nitrogen and oxygen atoms in total. The van der Waals surface area contributed by atoms with Crippen LogP contribution in [0.15, 0.2) is 30.6 Å². The maximum Gasteiger partial charge on any atom is 0.192 e. The van der Waals surface area contributed by atoms with Gasteiger partial charge in [0.1, 0.15) is 11.6 Å². The van der Waals surface area contributed by atoms with Crippen LogP contribution in [-0.2, 0) is 11.0 Å². The SMILES string of the molecule is CC[Si](CC)(CC)OC(CNCc1cc(F)cc(F)c1)c1c(C)cncc1Cl. The van der Waals surface area contributed by atoms with Gasteiger partial charge in [-0.3, -0.25) is 4.98 Å². The zero-order valence-electron chi connectivity index (χ0n) is 17.0. The average Bonchev–Trinajstić information content (AvgIpc) is 2.65. The predicted octanol–water partition coefficient (Wildman–Crippen LogP) is 6.17. The number of aryl methyl sites for hydroxylation is 1. The Bertz CT molecular complexity index is 738. The Morgan fingerprint density at radius 1 is 1.07 bits per heavy atom. The Hall–Kier alpha value is -1.34. The van der Waals surface area contributed by atoms with Crippen LogP contribution in [-0.4, -0.2) is 19.8 Å². The maximum atomic E-state index is 13.4. The molecule has 1 unspecified atom stereocenters. The van der Waals surface area contributed by atoms with Gasteiger partial charge >= 0.3 is 0 Å². The zero-order chi connectivity index (χ0) is 20.7. The van der Waals surface area contributed by atoms with E-state index in [0.717, 1.165) is 35.3 Å². The summed E-state index contributed by atoms with van der Waals surface area (Å²) in [6.07, 6.45) is 3.18. The van der Waals surface area contributed by atoms with E-state index in [2.05, 4.69) is 31.1 Å². The largest absolute Gasteiger partial charge is 0.409 e. The highest BCUT2D eigenvalue weighted by atomic mass is 35.5. The third-order valence-corrected chi connectivity index (χ3v) is 10.3. The summed E-state index contributed by atoms with van der Waals surface area (Å²) in [5, 5.41) is 3.87. The van der Waals surface area contributed by atoms with Gasteiger partial charge in [0.15, 0.2) is 8.32 Å². The van der Waals surface area contributed by atoms with E-state index in [9.17, 15) is 8.78 Å². The third kappa shape index (κ3) is 5.83. The number of benzene rings is 1. The van der Waals surface area contributed by atoms with Crippen molar-refractivity contribution in [2.75, 3.05) is 6.54 Å². The van der Waals surface area contributed by atoms with E-state index in [0.29, 0.717) is 23.7 Å². The van der Waals surface area contributed by atoms with Gasteiger partial charge in [0.05, 0.1) is 11.1 Å². The molecule has 0 saturated heterocycles. The van der Waals surface area contributed by atoms with Crippen molar-refractivity contribution in [1.29, 1.82) is 0 Å². The molecule has 2 rings (SSSR count). The van der Waals surface area contributed by atoms with Crippen molar-refractivity contribution >= 4 is 19.9 Å². The lowest BCUT2D eigenvalue weighted by Gasteiger charge is -2.34. The highest BCUT2D eigenvalue weighted by molar-refractivity contribution is 6.73. The molecule has 2 aromatic rings. The van der Waals surface area contributed by atoms with E-state index in [1.165, 1.54) is 12.1 Å². The summed E-state index contributed by atoms with van der Waals surface area (Å²) < 4.78 is 33.6. The highest BCUT2D eigenvalue weighted by Gasteiger charge is 2.33. The molecule has 0 radical (unpaired) electrons. The molecule has 0 spiro atoms. The molecule has 0 fully saturated rings. The van der Waals surface area contributed by atoms with Crippen LogP contribution in [0, 0.1) is 18.6 Å². The summed E-state index contributed by atoms with van der Waals surface area (Å²) in [6, 6.07) is 6.60. The highest BCUT2D eigenvalue weighted by Crippen LogP contribution is 2.34. The first kappa shape index (κ1) is 22.9. The van der Waals surface area contributed by atoms with E-state index < -0.39 is 20.0 Å². The minimum absolute atomic E-state index is 0.236. The number of nitrogens with one attached hydrogen (secondary N) is 1. The van der Waals surface area contributed by atoms with Crippen LogP contribution in [0.1, 0.15) is 43.6 Å². The van der Waals surface area contributed by atoms with Crippen LogP contribution in [0.2, 0.25) is 23.2 Å². The van der Waals surface area contributed by atoms with Gasteiger partial charge in [-0.15, -0.1) is 0 Å². The van der Waals surface area contributed by atoms with Crippen molar-refractivity contribution in [2.45, 2.75) is 58.5 Å². The molecule has 0 bridgehead atoms. The van der Waals surface area contributed by atoms with Crippen molar-refractivity contribution in [3.8, 4) is 0 Å². The summed E-state index contributed by atoms with van der Waals surface area (Å²) in [6.45, 7) is 9.35. The number of aromatic nitrogens is 1. The van der Waals surface area contributed by atoms with Crippen LogP contribution in [0.4, 0.5) is 8.78 Å². The fourth-order valence-corrected chi connectivity index (χ4v) is 6.65. The number of nitrogens with zero attached hydrogens (tertiary/aromatic N) is 1. The van der Waals surface area contributed by atoms with E-state index in [4.69, 9.17) is 16.0 Å². The summed E-state index contributed by atoms with van der Waals surface area (Å²) in [5.41, 5.74) is 2.46. The molecular weight excluding hydrogens is 398 g/mol. The molecular formula is C21H29ClF2N2OSi. The number of rotatable bonds is 10. The van der Waals surface area contributed by atoms with Gasteiger partial charge in [0, 0.05) is 37.1 Å². The zero-order valence-corrected chi connectivity index (χ0v) is 18.7. The van der Waals surface area contributed by atoms with Crippen LogP contribution >= 0.6 is 11.6 Å². The average molecular weight is 427 g/mol. The minimum Gasteiger partial charge on any atom is -0.409 e. The number of hydrogen-bond donors (Lipinski definition) is 1. The van der Waals surface area contributed by atoms with Crippen LogP contribution in [0.5, 0.6) is 0 Å². The monoisotopic (exact) mass is 426 g/mol. The first-order valence-corrected chi connectivity index (χ1v) is 12.7. The Kier molecular flexibility index (Phi) is 8.55. The summed E-state index contributed by atoms with van der Waals surface area (Å²) >= 11 is 6.47. The van der Waals surface area contributed by atoms with Crippen molar-refractivity contribution in [1.82, 2.24) is 10.3 Å². The van der Waals surface area contributed by atoms with Gasteiger partial charge in [-0.25, -0.2) is 8.78 Å². The number of hydrogen-bond acceptors (Lipinski definition) is 3. The fourth-order valence-electron chi connectivity index (χ4n) is 3.51. The normalized spacial score (nSPS) is 13.0. The maximum absolute atomic E-state index is 13.4. The van der Waals surface area contributed by atoms with Crippen molar-refractivity contribution < 1.29 is 13.2 Å². The van der Waals surface area contributed by atoms with Gasteiger partial charge < -0.3 is 9.74 Å². The van der Waals surface area contributed by atoms with E-state index in [1.807, 2.05) is 6.92 Å². The van der Waals surface area contributed by atoms with E-state index in [-0.39, 0.29) is 6.10 Å². The first-order chi connectivity index (χ1) is 13.3. The molecule has 0 aliphatic carbocycles. The Morgan fingerprint density at radius 3 is 2.21 bits per heavy atom. The lowest BCUT2D eigenvalue weighted by Crippen LogP contribution is -2.40. The van der Waals surface area contributed by atoms with Gasteiger partial charge in [-0.1, -0.05) is 32.4 Å². The molecule has 1 aromatic carbocycles. The third-order valence-electron chi connectivity index (χ3n) is 5.37. The second-order valence-corrected chi connectivity index (χ2v) is 12.2. The van der Waals surface area contributed by atoms with Gasteiger partial charge in [0.25, 0.3) is 0 Å². The minimum atomic E-state index is -1.90. The van der Waals surface area contributed by atoms with Crippen molar-refractivity contribution in [3.05, 3.63) is 63.9 Å². The molecule has 0 saturated carbocycles. The van der Waals surface area contributed by atoms with Gasteiger partial charge in [-0.2, -0.15) is 0 Å². The van der Waals surface area contributed by atoms with Crippen LogP contribution < -0.4 is 5.32 Å². The molecule has 1 heterocycles. The van der Waals surface area contributed by atoms with E-state index >= 15 is 0 Å². The standard InChI is InChI=1S/C21H29ClF2N2OSi/c1-5-28(6-2,7-3)27-20(21-15(4)11-25-13-19(21)22)14-26-12-16-8-17(23)10-18(24)9-16/h8-11,13,20,26H,5-7,12,14H2,1-4H3. The molecule has 154 valence electrons. The molecule has 7 heteroatoms. The van der Waals surface area contributed by atoms with Crippen molar-refractivity contribution in [2.24, 2.45) is 0 Å². The lowest BCUT2D eigenvalue weighted by atomic mass is 10.1. The van der Waals surface area contributed by atoms with E-state index in [1.54, 1.807) is 12.4 Å². The van der Waals surface area contributed by atoms with Gasteiger partial charge in [-0.05, 0) is 48.3 Å². The lowest BCUT2D eigenvalue weighted by molar-refractivity contribution is 0.185. The fraction of sp³-hybridized carbons (Fsp3) is 0.476. The molecule has 1 N–H and O–H groups in total. The van der Waals surface area contributed by atoms with Crippen LogP contribution in [0.25, 0.3) is 0 Å². The molecule has 0 aliphatic rings. The number of pyridine rings is 1. The predicted molar refractivity (Wildman–Crippen MR) is 113 cm³/mol. The van der Waals surface area contributed by atoms with Gasteiger partial charge in [0.2, 0.25) is 0 Å². The smallest absolute Gasteiger partial charge is 0.192 e. The molecule has 0 amide bonds. The topological polar surface area (TPSA) is 34.1 Å². The quantitative estimate of drug-likeness (QED) is 0.461. The number of halogens is 3. The molecule has 0 aliphatic heterocycles. The summed E-state index contributed by atoms with van der Waals surface area (Å²) in [5.74, 6) is -1.15. The molecule has 1 aromatic heterocycles. The van der Waals surface area contributed by atoms with Crippen molar-refractivity contribution in [3.63, 3.8) is 0 Å². The summed E-state index contributed by atoms with van der Waals surface area (Å²) in [7, 11) is -1.90. The molecule has 28 heavy (non-hydrogen) atoms. The second kappa shape index (κ2) is 10.4. The Labute approximate surface area is 172 Å². The Morgan fingerprint density at radius 2 is 1.68 bits per heavy atom. The first-order valence-electron chi connectivity index (χ1n) is 9.77.